The summed E-state index contributed by atoms with van der Waals surface area (Å²) in [5.41, 5.74) is -1.16. The number of carbonyl (C=O) groups excluding carboxylic acids is 2. The molecule has 1 atom stereocenters. The van der Waals surface area contributed by atoms with Gasteiger partial charge in [-0.3, -0.25) is 10.1 Å². The number of likely N-dealkylation sites (N-methyl/N-ethyl adjacent to an activating group) is 1. The molecular formula is C34H67NO3. The zero-order valence-electron chi connectivity index (χ0n) is 26.3. The van der Waals surface area contributed by atoms with Crippen molar-refractivity contribution >= 4 is 11.8 Å². The van der Waals surface area contributed by atoms with Crippen molar-refractivity contribution in [1.82, 2.24) is 5.32 Å². The van der Waals surface area contributed by atoms with E-state index >= 15 is 0 Å². The maximum atomic E-state index is 13.4. The topological polar surface area (TPSA) is 55.4 Å². The second kappa shape index (κ2) is 27.7. The van der Waals surface area contributed by atoms with Crippen LogP contribution in [-0.2, 0) is 14.3 Å². The Kier molecular flexibility index (Phi) is 27.0. The summed E-state index contributed by atoms with van der Waals surface area (Å²) in [5, 5.41) is 3.16. The average Bonchev–Trinajstić information content (AvgIpc) is 2.92. The molecule has 0 aromatic heterocycles. The maximum Gasteiger partial charge on any atom is 0.334 e. The van der Waals surface area contributed by atoms with Crippen molar-refractivity contribution in [3.8, 4) is 0 Å². The van der Waals surface area contributed by atoms with Crippen molar-refractivity contribution in [2.75, 3.05) is 13.7 Å². The predicted octanol–water partition coefficient (Wildman–Crippen LogP) is 10.3. The van der Waals surface area contributed by atoms with Gasteiger partial charge >= 0.3 is 5.97 Å². The van der Waals surface area contributed by atoms with Crippen LogP contribution in [0.3, 0.4) is 0 Å². The van der Waals surface area contributed by atoms with E-state index < -0.39 is 5.54 Å². The molecule has 0 aromatic carbocycles. The summed E-state index contributed by atoms with van der Waals surface area (Å²) >= 11 is 0. The first-order valence-electron chi connectivity index (χ1n) is 17.0. The lowest BCUT2D eigenvalue weighted by atomic mass is 9.85. The fraction of sp³-hybridized carbons (Fsp3) is 0.941. The van der Waals surface area contributed by atoms with Crippen molar-refractivity contribution in [2.45, 2.75) is 193 Å². The van der Waals surface area contributed by atoms with E-state index in [1.807, 2.05) is 0 Å². The molecule has 226 valence electrons. The predicted molar refractivity (Wildman–Crippen MR) is 165 cm³/mol. The molecule has 4 heteroatoms. The number of unbranched alkanes of at least 4 members (excludes halogenated alkanes) is 21. The van der Waals surface area contributed by atoms with Gasteiger partial charge in [-0.05, 0) is 26.3 Å². The Morgan fingerprint density at radius 3 is 1.32 bits per heavy atom. The van der Waals surface area contributed by atoms with E-state index in [2.05, 4.69) is 26.1 Å². The minimum absolute atomic E-state index is 0.0362. The van der Waals surface area contributed by atoms with Crippen molar-refractivity contribution in [2.24, 2.45) is 0 Å². The summed E-state index contributed by atoms with van der Waals surface area (Å²) in [5.74, 6) is -0.307. The van der Waals surface area contributed by atoms with Gasteiger partial charge in [0.2, 0.25) is 0 Å². The van der Waals surface area contributed by atoms with Gasteiger partial charge in [0.1, 0.15) is 0 Å². The number of Topliss-reactive ketones (excluding diaryl/α,β-unsaturated/α-hetero) is 1. The molecular weight excluding hydrogens is 470 g/mol. The lowest BCUT2D eigenvalue weighted by molar-refractivity contribution is -0.156. The maximum absolute atomic E-state index is 13.4. The molecule has 0 heterocycles. The van der Waals surface area contributed by atoms with Crippen LogP contribution < -0.4 is 5.32 Å². The molecule has 0 fully saturated rings. The largest absolute Gasteiger partial charge is 0.464 e. The Balaban J connectivity index is 4.53. The van der Waals surface area contributed by atoms with Crippen LogP contribution >= 0.6 is 0 Å². The van der Waals surface area contributed by atoms with Gasteiger partial charge < -0.3 is 4.74 Å². The molecule has 0 rings (SSSR count). The van der Waals surface area contributed by atoms with Crippen LogP contribution in [0.25, 0.3) is 0 Å². The number of ketones is 1. The lowest BCUT2D eigenvalue weighted by Gasteiger charge is -2.30. The van der Waals surface area contributed by atoms with Crippen LogP contribution in [0.15, 0.2) is 0 Å². The summed E-state index contributed by atoms with van der Waals surface area (Å²) in [6.07, 6.45) is 30.2. The van der Waals surface area contributed by atoms with Crippen LogP contribution in [0.5, 0.6) is 0 Å². The number of carbonyl (C=O) groups is 2. The molecule has 0 bridgehead atoms. The van der Waals surface area contributed by atoms with Gasteiger partial charge in [0.05, 0.1) is 6.61 Å². The molecule has 1 N–H and O–H groups in total. The number of esters is 1. The molecule has 4 nitrogen and oxygen atoms in total. The molecule has 0 amide bonds. The first kappa shape index (κ1) is 37.1. The summed E-state index contributed by atoms with van der Waals surface area (Å²) < 4.78 is 5.68. The van der Waals surface area contributed by atoms with E-state index in [1.165, 1.54) is 103 Å². The van der Waals surface area contributed by atoms with Crippen LogP contribution in [0, 0.1) is 0 Å². The molecule has 0 saturated heterocycles. The van der Waals surface area contributed by atoms with Crippen molar-refractivity contribution in [1.29, 1.82) is 0 Å². The Bertz CT molecular complexity index is 536. The van der Waals surface area contributed by atoms with Crippen LogP contribution in [0.1, 0.15) is 188 Å². The molecule has 0 aliphatic rings. The Morgan fingerprint density at radius 2 is 0.895 bits per heavy atom. The smallest absolute Gasteiger partial charge is 0.334 e. The van der Waals surface area contributed by atoms with Gasteiger partial charge in [-0.15, -0.1) is 0 Å². The number of nitrogens with one attached hydrogen (secondary N) is 1. The fourth-order valence-electron chi connectivity index (χ4n) is 5.40. The Labute approximate surface area is 238 Å². The number of ether oxygens (including phenoxy) is 1. The second-order valence-corrected chi connectivity index (χ2v) is 11.6. The third-order valence-corrected chi connectivity index (χ3v) is 8.15. The molecule has 0 aromatic rings. The lowest BCUT2D eigenvalue weighted by Crippen LogP contribution is -2.57. The molecule has 0 radical (unpaired) electrons. The SMILES string of the molecule is CCCCCCCCCCCCCC(=O)C(CCCCCCCCCCC)(NC)C(=O)OCCCCCC. The van der Waals surface area contributed by atoms with E-state index in [0.717, 1.165) is 51.4 Å². The van der Waals surface area contributed by atoms with Crippen molar-refractivity contribution in [3.05, 3.63) is 0 Å². The first-order valence-corrected chi connectivity index (χ1v) is 17.0. The molecule has 38 heavy (non-hydrogen) atoms. The van der Waals surface area contributed by atoms with Gasteiger partial charge in [-0.2, -0.15) is 0 Å². The Hall–Kier alpha value is -0.900. The van der Waals surface area contributed by atoms with Crippen LogP contribution in [-0.4, -0.2) is 30.9 Å². The van der Waals surface area contributed by atoms with Gasteiger partial charge in [-0.25, -0.2) is 4.79 Å². The monoisotopic (exact) mass is 538 g/mol. The number of hydrogen-bond donors (Lipinski definition) is 1. The van der Waals surface area contributed by atoms with Crippen LogP contribution in [0.2, 0.25) is 0 Å². The van der Waals surface area contributed by atoms with Gasteiger partial charge in [0, 0.05) is 6.42 Å². The minimum atomic E-state index is -1.16. The molecule has 0 spiro atoms. The second-order valence-electron chi connectivity index (χ2n) is 11.6. The third kappa shape index (κ3) is 19.2. The van der Waals surface area contributed by atoms with E-state index in [9.17, 15) is 9.59 Å². The summed E-state index contributed by atoms with van der Waals surface area (Å²) in [7, 11) is 1.77. The standard InChI is InChI=1S/C34H67NO3/c1-5-8-11-14-16-18-19-20-22-24-26-29-32(36)34(35-4,33(37)38-31-28-13-10-7-3)30-27-25-23-21-17-15-12-9-6-2/h35H,5-31H2,1-4H3. The van der Waals surface area contributed by atoms with E-state index in [1.54, 1.807) is 7.05 Å². The zero-order chi connectivity index (χ0) is 28.2. The summed E-state index contributed by atoms with van der Waals surface area (Å²) in [4.78, 5) is 26.7. The van der Waals surface area contributed by atoms with Gasteiger partial charge in [0.25, 0.3) is 0 Å². The molecule has 0 saturated carbocycles. The van der Waals surface area contributed by atoms with E-state index in [0.29, 0.717) is 19.4 Å². The van der Waals surface area contributed by atoms with Gasteiger partial charge in [0.15, 0.2) is 11.3 Å². The molecule has 0 aliphatic heterocycles. The van der Waals surface area contributed by atoms with Crippen molar-refractivity contribution in [3.63, 3.8) is 0 Å². The van der Waals surface area contributed by atoms with E-state index in [4.69, 9.17) is 4.74 Å². The zero-order valence-corrected chi connectivity index (χ0v) is 26.3. The van der Waals surface area contributed by atoms with Gasteiger partial charge in [-0.1, -0.05) is 162 Å². The van der Waals surface area contributed by atoms with E-state index in [-0.39, 0.29) is 11.8 Å². The average molecular weight is 538 g/mol. The number of hydrogen-bond acceptors (Lipinski definition) is 4. The fourth-order valence-corrected chi connectivity index (χ4v) is 5.40. The third-order valence-electron chi connectivity index (χ3n) is 8.15. The molecule has 0 aliphatic carbocycles. The summed E-state index contributed by atoms with van der Waals surface area (Å²) in [6, 6.07) is 0. The summed E-state index contributed by atoms with van der Waals surface area (Å²) in [6.45, 7) is 7.12. The highest BCUT2D eigenvalue weighted by molar-refractivity contribution is 6.08. The normalized spacial score (nSPS) is 12.9. The highest BCUT2D eigenvalue weighted by Crippen LogP contribution is 2.23. The highest BCUT2D eigenvalue weighted by atomic mass is 16.5. The Morgan fingerprint density at radius 1 is 0.526 bits per heavy atom. The first-order chi connectivity index (χ1) is 18.6. The van der Waals surface area contributed by atoms with Crippen LogP contribution in [0.4, 0.5) is 0 Å². The highest BCUT2D eigenvalue weighted by Gasteiger charge is 2.44. The van der Waals surface area contributed by atoms with Crippen molar-refractivity contribution < 1.29 is 14.3 Å². The number of rotatable bonds is 30. The molecule has 1 unspecified atom stereocenters. The quantitative estimate of drug-likeness (QED) is 0.0562. The minimum Gasteiger partial charge on any atom is -0.464 e.